The number of nitrogens with zero attached hydrogens (tertiary/aromatic N) is 1. The topological polar surface area (TPSA) is 48.4 Å². The van der Waals surface area contributed by atoms with E-state index >= 15 is 0 Å². The first-order valence-electron chi connectivity index (χ1n) is 9.20. The van der Waals surface area contributed by atoms with Gasteiger partial charge in [-0.1, -0.05) is 12.2 Å². The Morgan fingerprint density at radius 2 is 2.28 bits per heavy atom. The van der Waals surface area contributed by atoms with Gasteiger partial charge < -0.3 is 10.1 Å². The van der Waals surface area contributed by atoms with Crippen molar-refractivity contribution in [2.75, 3.05) is 26.7 Å². The zero-order valence-electron chi connectivity index (χ0n) is 14.9. The second-order valence-electron chi connectivity index (χ2n) is 7.51. The van der Waals surface area contributed by atoms with Crippen LogP contribution in [0.3, 0.4) is 0 Å². The molecule has 2 bridgehead atoms. The Balaban J connectivity index is 1.55. The predicted octanol–water partition coefficient (Wildman–Crippen LogP) is 3.53. The lowest BCUT2D eigenvalue weighted by atomic mass is 9.73. The van der Waals surface area contributed by atoms with E-state index in [-0.39, 0.29) is 11.5 Å². The van der Waals surface area contributed by atoms with E-state index in [0.717, 1.165) is 25.1 Å². The molecule has 4 aliphatic rings. The van der Waals surface area contributed by atoms with Crippen molar-refractivity contribution in [2.24, 2.45) is 5.92 Å². The van der Waals surface area contributed by atoms with Gasteiger partial charge in [-0.15, -0.1) is 17.9 Å². The molecule has 25 heavy (non-hydrogen) atoms. The molecule has 2 unspecified atom stereocenters. The van der Waals surface area contributed by atoms with Crippen LogP contribution in [0.2, 0.25) is 0 Å². The summed E-state index contributed by atoms with van der Waals surface area (Å²) in [6.45, 7) is 8.30. The minimum Gasteiger partial charge on any atom is -0.469 e. The van der Waals surface area contributed by atoms with Gasteiger partial charge >= 0.3 is 0 Å². The second kappa shape index (κ2) is 6.71. The van der Waals surface area contributed by atoms with Gasteiger partial charge in [0.15, 0.2) is 0 Å². The number of hydrogen-bond acceptors (Lipinski definition) is 5. The fraction of sp³-hybridized carbons (Fsp3) is 0.550. The summed E-state index contributed by atoms with van der Waals surface area (Å²) < 4.78 is 6.19. The van der Waals surface area contributed by atoms with Crippen molar-refractivity contribution < 1.29 is 4.74 Å². The molecule has 2 N–H and O–H groups in total. The first-order chi connectivity index (χ1) is 12.1. The highest BCUT2D eigenvalue weighted by Gasteiger charge is 2.53. The molecule has 5 heteroatoms. The van der Waals surface area contributed by atoms with Crippen LogP contribution >= 0.6 is 11.3 Å². The highest BCUT2D eigenvalue weighted by atomic mass is 32.1. The van der Waals surface area contributed by atoms with Gasteiger partial charge in [0.25, 0.3) is 0 Å². The molecule has 2 atom stereocenters. The molecule has 0 aliphatic carbocycles. The van der Waals surface area contributed by atoms with Crippen LogP contribution < -0.4 is 5.32 Å². The number of hydrogen-bond donors (Lipinski definition) is 2. The maximum absolute atomic E-state index is 8.40. The fourth-order valence-electron chi connectivity index (χ4n) is 4.61. The number of nitrogens with one attached hydrogen (secondary N) is 2. The molecule has 0 aromatic carbocycles. The van der Waals surface area contributed by atoms with Gasteiger partial charge in [-0.05, 0) is 45.1 Å². The first-order valence-corrected chi connectivity index (χ1v) is 10.0. The molecule has 4 fully saturated rings. The molecular formula is C20H27N3OS. The number of fused-ring (bicyclic) bond motifs is 2. The first kappa shape index (κ1) is 17.0. The van der Waals surface area contributed by atoms with Crippen molar-refractivity contribution in [3.05, 3.63) is 46.2 Å². The van der Waals surface area contributed by atoms with Crippen molar-refractivity contribution in [3.63, 3.8) is 0 Å². The Bertz CT molecular complexity index is 702. The SMILES string of the molecule is C=CC(/C=C1/CC2(CN3CCC2CC3)OC1=N)c1ccc(CNC)s1. The molecule has 1 aromatic heterocycles. The van der Waals surface area contributed by atoms with Crippen LogP contribution in [-0.2, 0) is 11.3 Å². The van der Waals surface area contributed by atoms with E-state index in [2.05, 4.69) is 35.0 Å². The predicted molar refractivity (Wildman–Crippen MR) is 103 cm³/mol. The van der Waals surface area contributed by atoms with E-state index in [4.69, 9.17) is 10.1 Å². The van der Waals surface area contributed by atoms with Gasteiger partial charge in [0, 0.05) is 46.7 Å². The third-order valence-electron chi connectivity index (χ3n) is 5.91. The van der Waals surface area contributed by atoms with Crippen LogP contribution in [0.5, 0.6) is 0 Å². The fourth-order valence-corrected chi connectivity index (χ4v) is 5.70. The molecule has 4 nitrogen and oxygen atoms in total. The van der Waals surface area contributed by atoms with E-state index in [1.54, 1.807) is 0 Å². The third kappa shape index (κ3) is 3.09. The van der Waals surface area contributed by atoms with Crippen LogP contribution in [-0.4, -0.2) is 43.1 Å². The molecule has 1 spiro atoms. The van der Waals surface area contributed by atoms with Gasteiger partial charge in [-0.3, -0.25) is 10.3 Å². The highest BCUT2D eigenvalue weighted by molar-refractivity contribution is 7.12. The summed E-state index contributed by atoms with van der Waals surface area (Å²) in [7, 11) is 1.97. The van der Waals surface area contributed by atoms with E-state index < -0.39 is 0 Å². The van der Waals surface area contributed by atoms with E-state index in [0.29, 0.717) is 11.8 Å². The van der Waals surface area contributed by atoms with Gasteiger partial charge in [-0.2, -0.15) is 0 Å². The van der Waals surface area contributed by atoms with E-state index in [9.17, 15) is 0 Å². The highest BCUT2D eigenvalue weighted by Crippen LogP contribution is 2.47. The van der Waals surface area contributed by atoms with Gasteiger partial charge in [0.05, 0.1) is 0 Å². The number of piperidine rings is 3. The largest absolute Gasteiger partial charge is 0.469 e. The Hall–Kier alpha value is -1.43. The number of ether oxygens (including phenoxy) is 1. The van der Waals surface area contributed by atoms with Crippen LogP contribution in [0, 0.1) is 11.3 Å². The summed E-state index contributed by atoms with van der Waals surface area (Å²) in [5, 5.41) is 11.6. The quantitative estimate of drug-likeness (QED) is 0.793. The zero-order chi connectivity index (χ0) is 17.4. The normalized spacial score (nSPS) is 33.8. The molecule has 5 rings (SSSR count). The molecule has 0 radical (unpaired) electrons. The molecule has 134 valence electrons. The number of rotatable bonds is 5. The van der Waals surface area contributed by atoms with Crippen molar-refractivity contribution in [1.82, 2.24) is 10.2 Å². The third-order valence-corrected chi connectivity index (χ3v) is 7.09. The minimum absolute atomic E-state index is 0.141. The lowest BCUT2D eigenvalue weighted by Crippen LogP contribution is -2.58. The van der Waals surface area contributed by atoms with E-state index in [1.807, 2.05) is 24.5 Å². The van der Waals surface area contributed by atoms with E-state index in [1.165, 1.54) is 35.7 Å². The van der Waals surface area contributed by atoms with Crippen molar-refractivity contribution in [1.29, 1.82) is 5.41 Å². The number of thiophene rings is 1. The standard InChI is InChI=1S/C20H27N3OS/c1-3-14(18-5-4-17(25-18)12-22-2)10-15-11-20(24-19(15)21)13-23-8-6-16(20)7-9-23/h3-5,10,14,16,21-22H,1,6-9,11-13H2,2H3/b15-10-,21-19?. The van der Waals surface area contributed by atoms with Crippen LogP contribution in [0.15, 0.2) is 36.4 Å². The van der Waals surface area contributed by atoms with Gasteiger partial charge in [0.2, 0.25) is 5.90 Å². The minimum atomic E-state index is -0.141. The molecule has 0 saturated carbocycles. The Morgan fingerprint density at radius 3 is 2.92 bits per heavy atom. The van der Waals surface area contributed by atoms with Crippen LogP contribution in [0.1, 0.15) is 34.9 Å². The molecular weight excluding hydrogens is 330 g/mol. The smallest absolute Gasteiger partial charge is 0.209 e. The van der Waals surface area contributed by atoms with Gasteiger partial charge in [-0.25, -0.2) is 0 Å². The lowest BCUT2D eigenvalue weighted by Gasteiger charge is -2.50. The Labute approximate surface area is 154 Å². The van der Waals surface area contributed by atoms with Crippen LogP contribution in [0.25, 0.3) is 0 Å². The molecule has 1 aromatic rings. The monoisotopic (exact) mass is 357 g/mol. The van der Waals surface area contributed by atoms with Crippen molar-refractivity contribution in [3.8, 4) is 0 Å². The van der Waals surface area contributed by atoms with Crippen molar-refractivity contribution in [2.45, 2.75) is 37.3 Å². The summed E-state index contributed by atoms with van der Waals surface area (Å²) in [6, 6.07) is 4.36. The molecule has 5 heterocycles. The summed E-state index contributed by atoms with van der Waals surface area (Å²) in [5.41, 5.74) is 0.917. The zero-order valence-corrected chi connectivity index (χ0v) is 15.7. The summed E-state index contributed by atoms with van der Waals surface area (Å²) in [4.78, 5) is 5.12. The molecule has 4 aliphatic heterocycles. The summed E-state index contributed by atoms with van der Waals surface area (Å²) in [5.74, 6) is 1.15. The Morgan fingerprint density at radius 1 is 1.48 bits per heavy atom. The average Bonchev–Trinajstić information content (AvgIpc) is 3.19. The summed E-state index contributed by atoms with van der Waals surface area (Å²) >= 11 is 1.82. The second-order valence-corrected chi connectivity index (χ2v) is 8.71. The Kier molecular flexibility index (Phi) is 4.56. The summed E-state index contributed by atoms with van der Waals surface area (Å²) in [6.07, 6.45) is 7.49. The van der Waals surface area contributed by atoms with Gasteiger partial charge in [0.1, 0.15) is 5.60 Å². The maximum Gasteiger partial charge on any atom is 0.209 e. The van der Waals surface area contributed by atoms with Crippen LogP contribution in [0.4, 0.5) is 0 Å². The lowest BCUT2D eigenvalue weighted by molar-refractivity contribution is -0.0874. The number of allylic oxidation sites excluding steroid dienone is 2. The molecule has 0 amide bonds. The maximum atomic E-state index is 8.40. The average molecular weight is 358 g/mol. The molecule has 4 saturated heterocycles. The van der Waals surface area contributed by atoms with Crippen molar-refractivity contribution >= 4 is 17.2 Å².